The summed E-state index contributed by atoms with van der Waals surface area (Å²) in [4.78, 5) is 17.6. The van der Waals surface area contributed by atoms with Gasteiger partial charge in [-0.2, -0.15) is 5.10 Å². The molecule has 2 aromatic heterocycles. The van der Waals surface area contributed by atoms with E-state index in [0.29, 0.717) is 16.1 Å². The van der Waals surface area contributed by atoms with Gasteiger partial charge in [0.15, 0.2) is 0 Å². The van der Waals surface area contributed by atoms with Crippen LogP contribution in [0.2, 0.25) is 0 Å². The van der Waals surface area contributed by atoms with Gasteiger partial charge in [-0.05, 0) is 26.0 Å². The number of halogens is 1. The van der Waals surface area contributed by atoms with Crippen LogP contribution in [-0.4, -0.2) is 20.7 Å². The van der Waals surface area contributed by atoms with E-state index in [1.165, 1.54) is 23.6 Å². The largest absolute Gasteiger partial charge is 0.345 e. The van der Waals surface area contributed by atoms with Crippen LogP contribution in [0.25, 0.3) is 10.6 Å². The fourth-order valence-electron chi connectivity index (χ4n) is 2.44. The standard InChI is InChI=1S/C17H17FN4OS/c1-10(20-16(23)12-8-19-22(3)9-12)15-11(2)21-17(24-15)13-6-4-5-7-14(13)18/h4-10H,1-3H3,(H,20,23)/t10-/m0/s1. The maximum Gasteiger partial charge on any atom is 0.254 e. The zero-order valence-corrected chi connectivity index (χ0v) is 14.4. The molecule has 0 bridgehead atoms. The van der Waals surface area contributed by atoms with Crippen molar-refractivity contribution >= 4 is 17.2 Å². The van der Waals surface area contributed by atoms with Crippen molar-refractivity contribution in [1.29, 1.82) is 0 Å². The molecule has 7 heteroatoms. The fraction of sp³-hybridized carbons (Fsp3) is 0.235. The van der Waals surface area contributed by atoms with E-state index in [-0.39, 0.29) is 17.8 Å². The quantitative estimate of drug-likeness (QED) is 0.788. The van der Waals surface area contributed by atoms with Crippen molar-refractivity contribution in [1.82, 2.24) is 20.1 Å². The third kappa shape index (κ3) is 3.21. The average Bonchev–Trinajstić information content (AvgIpc) is 3.14. The minimum absolute atomic E-state index is 0.198. The number of carbonyl (C=O) groups is 1. The van der Waals surface area contributed by atoms with Gasteiger partial charge in [-0.3, -0.25) is 9.48 Å². The molecule has 0 radical (unpaired) electrons. The Bertz CT molecular complexity index is 886. The van der Waals surface area contributed by atoms with Gasteiger partial charge in [0.05, 0.1) is 28.4 Å². The molecule has 124 valence electrons. The van der Waals surface area contributed by atoms with Crippen LogP contribution in [0.5, 0.6) is 0 Å². The third-order valence-corrected chi connectivity index (χ3v) is 5.02. The highest BCUT2D eigenvalue weighted by atomic mass is 32.1. The Morgan fingerprint density at radius 2 is 2.12 bits per heavy atom. The number of nitrogens with one attached hydrogen (secondary N) is 1. The van der Waals surface area contributed by atoms with Crippen molar-refractivity contribution in [2.24, 2.45) is 7.05 Å². The molecule has 0 saturated carbocycles. The van der Waals surface area contributed by atoms with Gasteiger partial charge in [-0.1, -0.05) is 12.1 Å². The topological polar surface area (TPSA) is 59.8 Å². The van der Waals surface area contributed by atoms with E-state index in [1.807, 2.05) is 13.8 Å². The van der Waals surface area contributed by atoms with Crippen LogP contribution < -0.4 is 5.32 Å². The van der Waals surface area contributed by atoms with E-state index < -0.39 is 0 Å². The summed E-state index contributed by atoms with van der Waals surface area (Å²) in [5.74, 6) is -0.499. The smallest absolute Gasteiger partial charge is 0.254 e. The molecule has 3 rings (SSSR count). The number of rotatable bonds is 4. The predicted molar refractivity (Wildman–Crippen MR) is 91.3 cm³/mol. The molecule has 0 aliphatic rings. The minimum Gasteiger partial charge on any atom is -0.345 e. The summed E-state index contributed by atoms with van der Waals surface area (Å²) in [5.41, 5.74) is 1.76. The van der Waals surface area contributed by atoms with Crippen LogP contribution in [0, 0.1) is 12.7 Å². The van der Waals surface area contributed by atoms with Crippen molar-refractivity contribution in [3.05, 3.63) is 58.6 Å². The van der Waals surface area contributed by atoms with Crippen molar-refractivity contribution < 1.29 is 9.18 Å². The Balaban J connectivity index is 1.82. The first-order chi connectivity index (χ1) is 11.5. The zero-order chi connectivity index (χ0) is 17.3. The number of nitrogens with zero attached hydrogens (tertiary/aromatic N) is 3. The van der Waals surface area contributed by atoms with Gasteiger partial charge in [-0.25, -0.2) is 9.37 Å². The van der Waals surface area contributed by atoms with Gasteiger partial charge in [0, 0.05) is 18.8 Å². The first-order valence-electron chi connectivity index (χ1n) is 7.47. The van der Waals surface area contributed by atoms with Crippen molar-refractivity contribution in [3.8, 4) is 10.6 Å². The highest BCUT2D eigenvalue weighted by molar-refractivity contribution is 7.15. The second kappa shape index (κ2) is 6.52. The van der Waals surface area contributed by atoms with Crippen LogP contribution in [0.15, 0.2) is 36.7 Å². The van der Waals surface area contributed by atoms with Crippen LogP contribution in [0.3, 0.4) is 0 Å². The Morgan fingerprint density at radius 1 is 1.38 bits per heavy atom. The fourth-order valence-corrected chi connectivity index (χ4v) is 3.54. The Labute approximate surface area is 143 Å². The molecular weight excluding hydrogens is 327 g/mol. The van der Waals surface area contributed by atoms with Crippen LogP contribution in [-0.2, 0) is 7.05 Å². The first-order valence-corrected chi connectivity index (χ1v) is 8.29. The normalized spacial score (nSPS) is 12.2. The summed E-state index contributed by atoms with van der Waals surface area (Å²) >= 11 is 1.39. The molecule has 5 nitrogen and oxygen atoms in total. The van der Waals surface area contributed by atoms with Gasteiger partial charge in [0.25, 0.3) is 5.91 Å². The van der Waals surface area contributed by atoms with E-state index in [9.17, 15) is 9.18 Å². The third-order valence-electron chi connectivity index (χ3n) is 3.64. The Morgan fingerprint density at radius 3 is 2.79 bits per heavy atom. The lowest BCUT2D eigenvalue weighted by atomic mass is 10.2. The highest BCUT2D eigenvalue weighted by Crippen LogP contribution is 2.33. The van der Waals surface area contributed by atoms with Crippen molar-refractivity contribution in [3.63, 3.8) is 0 Å². The lowest BCUT2D eigenvalue weighted by Crippen LogP contribution is -2.26. The molecule has 0 saturated heterocycles. The van der Waals surface area contributed by atoms with Gasteiger partial charge < -0.3 is 5.32 Å². The molecule has 0 aliphatic carbocycles. The molecular formula is C17H17FN4OS. The maximum atomic E-state index is 13.9. The van der Waals surface area contributed by atoms with Crippen molar-refractivity contribution in [2.45, 2.75) is 19.9 Å². The van der Waals surface area contributed by atoms with E-state index in [4.69, 9.17) is 0 Å². The van der Waals surface area contributed by atoms with E-state index in [2.05, 4.69) is 15.4 Å². The monoisotopic (exact) mass is 344 g/mol. The number of benzene rings is 1. The number of hydrogen-bond donors (Lipinski definition) is 1. The van der Waals surface area contributed by atoms with E-state index >= 15 is 0 Å². The lowest BCUT2D eigenvalue weighted by Gasteiger charge is -2.11. The maximum absolute atomic E-state index is 13.9. The molecule has 3 aromatic rings. The van der Waals surface area contributed by atoms with Gasteiger partial charge >= 0.3 is 0 Å². The summed E-state index contributed by atoms with van der Waals surface area (Å²) in [6, 6.07) is 6.32. The molecule has 0 fully saturated rings. The predicted octanol–water partition coefficient (Wildman–Crippen LogP) is 3.48. The average molecular weight is 344 g/mol. The lowest BCUT2D eigenvalue weighted by molar-refractivity contribution is 0.0940. The Kier molecular flexibility index (Phi) is 4.44. The summed E-state index contributed by atoms with van der Waals surface area (Å²) in [7, 11) is 1.76. The molecule has 1 atom stereocenters. The second-order valence-electron chi connectivity index (χ2n) is 5.55. The molecule has 0 unspecified atom stereocenters. The molecule has 1 amide bonds. The summed E-state index contributed by atoms with van der Waals surface area (Å²) in [6.07, 6.45) is 3.18. The molecule has 0 spiro atoms. The summed E-state index contributed by atoms with van der Waals surface area (Å²) in [6.45, 7) is 3.75. The SMILES string of the molecule is Cc1nc(-c2ccccc2F)sc1[C@H](C)NC(=O)c1cnn(C)c1. The summed E-state index contributed by atoms with van der Waals surface area (Å²) < 4.78 is 15.5. The van der Waals surface area contributed by atoms with Crippen LogP contribution >= 0.6 is 11.3 Å². The first kappa shape index (κ1) is 16.3. The molecule has 1 N–H and O–H groups in total. The minimum atomic E-state index is -0.301. The molecule has 2 heterocycles. The number of carbonyl (C=O) groups excluding carboxylic acids is 1. The molecule has 1 aromatic carbocycles. The van der Waals surface area contributed by atoms with E-state index in [1.54, 1.807) is 36.1 Å². The second-order valence-corrected chi connectivity index (χ2v) is 6.58. The van der Waals surface area contributed by atoms with Crippen molar-refractivity contribution in [2.75, 3.05) is 0 Å². The number of amides is 1. The highest BCUT2D eigenvalue weighted by Gasteiger charge is 2.19. The number of aryl methyl sites for hydroxylation is 2. The molecule has 0 aliphatic heterocycles. The van der Waals surface area contributed by atoms with Gasteiger partial charge in [0.1, 0.15) is 10.8 Å². The molecule has 24 heavy (non-hydrogen) atoms. The van der Waals surface area contributed by atoms with Gasteiger partial charge in [0.2, 0.25) is 0 Å². The number of hydrogen-bond acceptors (Lipinski definition) is 4. The number of thiazole rings is 1. The number of aromatic nitrogens is 3. The summed E-state index contributed by atoms with van der Waals surface area (Å²) in [5, 5.41) is 7.54. The Hall–Kier alpha value is -2.54. The van der Waals surface area contributed by atoms with E-state index in [0.717, 1.165) is 10.6 Å². The zero-order valence-electron chi connectivity index (χ0n) is 13.6. The van der Waals surface area contributed by atoms with Crippen LogP contribution in [0.1, 0.15) is 33.9 Å². The van der Waals surface area contributed by atoms with Gasteiger partial charge in [-0.15, -0.1) is 11.3 Å². The van der Waals surface area contributed by atoms with Crippen LogP contribution in [0.4, 0.5) is 4.39 Å².